The Bertz CT molecular complexity index is 1170. The van der Waals surface area contributed by atoms with Gasteiger partial charge in [0.25, 0.3) is 0 Å². The molecule has 4 amide bonds. The van der Waals surface area contributed by atoms with Crippen LogP contribution in [0.25, 0.3) is 10.9 Å². The summed E-state index contributed by atoms with van der Waals surface area (Å²) in [7, 11) is 0. The Morgan fingerprint density at radius 2 is 1.82 bits per heavy atom. The number of H-pyrrole nitrogens is 1. The third-order valence-corrected chi connectivity index (χ3v) is 6.92. The molecule has 12 heteroatoms. The van der Waals surface area contributed by atoms with Gasteiger partial charge in [-0.1, -0.05) is 38.5 Å². The summed E-state index contributed by atoms with van der Waals surface area (Å²) in [6.07, 6.45) is 3.37. The Labute approximate surface area is 220 Å². The van der Waals surface area contributed by atoms with Gasteiger partial charge in [0.05, 0.1) is 12.5 Å². The maximum absolute atomic E-state index is 13.6. The third-order valence-electron chi connectivity index (χ3n) is 6.92. The number of para-hydroxylation sites is 1. The molecule has 3 rings (SSSR count). The molecule has 0 radical (unpaired) electrons. The van der Waals surface area contributed by atoms with Crippen LogP contribution in [0, 0.1) is 5.92 Å². The first-order valence-electron chi connectivity index (χ1n) is 12.8. The van der Waals surface area contributed by atoms with Gasteiger partial charge >= 0.3 is 5.97 Å². The van der Waals surface area contributed by atoms with Crippen molar-refractivity contribution in [3.8, 4) is 0 Å². The van der Waals surface area contributed by atoms with Gasteiger partial charge in [-0.15, -0.1) is 0 Å². The van der Waals surface area contributed by atoms with Crippen LogP contribution in [-0.4, -0.2) is 70.4 Å². The minimum atomic E-state index is -1.53. The Balaban J connectivity index is 1.82. The summed E-state index contributed by atoms with van der Waals surface area (Å²) in [6, 6.07) is 3.55. The van der Waals surface area contributed by atoms with Gasteiger partial charge < -0.3 is 37.1 Å². The number of carbonyl (C=O) groups excluding carboxylic acids is 4. The molecule has 0 aliphatic carbocycles. The number of aromatic nitrogens is 1. The van der Waals surface area contributed by atoms with Gasteiger partial charge in [0.1, 0.15) is 18.1 Å². The summed E-state index contributed by atoms with van der Waals surface area (Å²) in [5, 5.41) is 21.3. The highest BCUT2D eigenvalue weighted by atomic mass is 16.4. The predicted octanol–water partition coefficient (Wildman–Crippen LogP) is -0.0771. The molecule has 12 nitrogen and oxygen atoms in total. The third kappa shape index (κ3) is 7.31. The normalized spacial score (nSPS) is 18.2. The molecular weight excluding hydrogens is 492 g/mol. The van der Waals surface area contributed by atoms with Crippen molar-refractivity contribution in [3.05, 3.63) is 36.0 Å². The van der Waals surface area contributed by atoms with Crippen molar-refractivity contribution < 1.29 is 29.1 Å². The number of nitrogens with two attached hydrogens (primary N) is 1. The molecule has 0 spiro atoms. The lowest BCUT2D eigenvalue weighted by molar-refractivity contribution is -0.144. The predicted molar refractivity (Wildman–Crippen MR) is 140 cm³/mol. The second-order valence-corrected chi connectivity index (χ2v) is 9.72. The number of nitrogens with one attached hydrogen (secondary N) is 5. The fraction of sp³-hybridized carbons (Fsp3) is 0.500. The minimum absolute atomic E-state index is 0.169. The van der Waals surface area contributed by atoms with E-state index in [2.05, 4.69) is 26.3 Å². The van der Waals surface area contributed by atoms with E-state index in [1.807, 2.05) is 31.2 Å². The highest BCUT2D eigenvalue weighted by Gasteiger charge is 2.34. The van der Waals surface area contributed by atoms with Gasteiger partial charge in [-0.05, 0) is 36.9 Å². The number of aliphatic carboxylic acids is 1. The van der Waals surface area contributed by atoms with Crippen molar-refractivity contribution in [1.82, 2.24) is 26.3 Å². The van der Waals surface area contributed by atoms with Gasteiger partial charge in [0, 0.05) is 23.5 Å². The van der Waals surface area contributed by atoms with Gasteiger partial charge in [0.15, 0.2) is 0 Å². The number of primary amides is 1. The second-order valence-electron chi connectivity index (χ2n) is 9.72. The molecule has 1 aromatic carbocycles. The van der Waals surface area contributed by atoms with Crippen LogP contribution in [0.3, 0.4) is 0 Å². The monoisotopic (exact) mass is 528 g/mol. The summed E-state index contributed by atoms with van der Waals surface area (Å²) >= 11 is 0. The quantitative estimate of drug-likeness (QED) is 0.189. The van der Waals surface area contributed by atoms with Gasteiger partial charge in [-0.3, -0.25) is 19.2 Å². The molecule has 0 saturated carbocycles. The van der Waals surface area contributed by atoms with Crippen molar-refractivity contribution >= 4 is 40.5 Å². The van der Waals surface area contributed by atoms with Crippen molar-refractivity contribution in [2.45, 2.75) is 70.1 Å². The van der Waals surface area contributed by atoms with Crippen molar-refractivity contribution in [2.75, 3.05) is 6.54 Å². The van der Waals surface area contributed by atoms with Crippen LogP contribution in [0.1, 0.15) is 45.1 Å². The molecule has 206 valence electrons. The Kier molecular flexibility index (Phi) is 9.83. The minimum Gasteiger partial charge on any atom is -0.480 e. The van der Waals surface area contributed by atoms with E-state index in [1.165, 1.54) is 0 Å². The molecule has 1 fully saturated rings. The highest BCUT2D eigenvalue weighted by molar-refractivity contribution is 5.95. The number of rotatable bonds is 13. The zero-order valence-corrected chi connectivity index (χ0v) is 21.6. The Morgan fingerprint density at radius 1 is 1.08 bits per heavy atom. The lowest BCUT2D eigenvalue weighted by atomic mass is 9.96. The molecule has 1 saturated heterocycles. The van der Waals surface area contributed by atoms with Gasteiger partial charge in [-0.2, -0.15) is 0 Å². The van der Waals surface area contributed by atoms with Crippen LogP contribution in [-0.2, 0) is 30.4 Å². The van der Waals surface area contributed by atoms with Crippen molar-refractivity contribution in [3.63, 3.8) is 0 Å². The molecule has 5 atom stereocenters. The van der Waals surface area contributed by atoms with Crippen LogP contribution in [0.2, 0.25) is 0 Å². The smallest absolute Gasteiger partial charge is 0.326 e. The molecule has 0 bridgehead atoms. The average molecular weight is 529 g/mol. The standard InChI is InChI=1S/C26H36N6O6/c1-3-14(2)22(25(36)31-20(26(37)38)12-21(27)33)32-24(35)19(30-23(34)18-9-6-10-28-18)11-15-13-29-17-8-5-4-7-16(15)17/h4-5,7-8,13-14,18-20,22,28-29H,3,6,9-12H2,1-2H3,(H2,27,33)(H,30,34)(H,31,36)(H,32,35)(H,37,38). The fourth-order valence-electron chi connectivity index (χ4n) is 4.53. The lowest BCUT2D eigenvalue weighted by Crippen LogP contribution is -2.59. The topological polar surface area (TPSA) is 196 Å². The second kappa shape index (κ2) is 13.0. The van der Waals surface area contributed by atoms with Crippen LogP contribution in [0.4, 0.5) is 0 Å². The van der Waals surface area contributed by atoms with Crippen molar-refractivity contribution in [1.29, 1.82) is 0 Å². The van der Waals surface area contributed by atoms with Gasteiger partial charge in [-0.25, -0.2) is 4.79 Å². The van der Waals surface area contributed by atoms with E-state index in [-0.39, 0.29) is 18.2 Å². The number of hydrogen-bond donors (Lipinski definition) is 7. The van der Waals surface area contributed by atoms with E-state index in [0.717, 1.165) is 22.9 Å². The number of amides is 4. The molecule has 38 heavy (non-hydrogen) atoms. The number of carbonyl (C=O) groups is 5. The average Bonchev–Trinajstić information content (AvgIpc) is 3.56. The van der Waals surface area contributed by atoms with Gasteiger partial charge in [0.2, 0.25) is 23.6 Å². The first-order valence-corrected chi connectivity index (χ1v) is 12.8. The van der Waals surface area contributed by atoms with Crippen molar-refractivity contribution in [2.24, 2.45) is 11.7 Å². The SMILES string of the molecule is CCC(C)C(NC(=O)C(Cc1c[nH]c2ccccc12)NC(=O)C1CCCN1)C(=O)NC(CC(N)=O)C(=O)O. The molecule has 1 aliphatic rings. The molecule has 1 aromatic heterocycles. The molecule has 5 unspecified atom stereocenters. The number of carboxylic acids is 1. The summed E-state index contributed by atoms with van der Waals surface area (Å²) in [5.74, 6) is -4.31. The molecule has 8 N–H and O–H groups in total. The summed E-state index contributed by atoms with van der Waals surface area (Å²) in [6.45, 7) is 4.28. The molecule has 2 aromatic rings. The summed E-state index contributed by atoms with van der Waals surface area (Å²) in [4.78, 5) is 65.5. The fourth-order valence-corrected chi connectivity index (χ4v) is 4.53. The first-order chi connectivity index (χ1) is 18.1. The number of fused-ring (bicyclic) bond motifs is 1. The van der Waals surface area contributed by atoms with E-state index in [1.54, 1.807) is 13.1 Å². The van der Waals surface area contributed by atoms with Crippen LogP contribution in [0.15, 0.2) is 30.5 Å². The molecule has 1 aliphatic heterocycles. The highest BCUT2D eigenvalue weighted by Crippen LogP contribution is 2.20. The molecule has 2 heterocycles. The number of hydrogen-bond acceptors (Lipinski definition) is 6. The zero-order chi connectivity index (χ0) is 27.8. The van der Waals surface area contributed by atoms with Crippen LogP contribution in [0.5, 0.6) is 0 Å². The van der Waals surface area contributed by atoms with E-state index in [0.29, 0.717) is 19.4 Å². The van der Waals surface area contributed by atoms with E-state index >= 15 is 0 Å². The largest absolute Gasteiger partial charge is 0.480 e. The summed E-state index contributed by atoms with van der Waals surface area (Å²) < 4.78 is 0. The zero-order valence-electron chi connectivity index (χ0n) is 21.6. The lowest BCUT2D eigenvalue weighted by Gasteiger charge is -2.28. The number of benzene rings is 1. The maximum Gasteiger partial charge on any atom is 0.326 e. The maximum atomic E-state index is 13.6. The van der Waals surface area contributed by atoms with Crippen LogP contribution >= 0.6 is 0 Å². The Hall–Kier alpha value is -3.93. The number of aromatic amines is 1. The number of carboxylic acid groups (broad SMARTS) is 1. The van der Waals surface area contributed by atoms with E-state index < -0.39 is 54.3 Å². The van der Waals surface area contributed by atoms with E-state index in [9.17, 15) is 29.1 Å². The Morgan fingerprint density at radius 3 is 2.45 bits per heavy atom. The van der Waals surface area contributed by atoms with Crippen LogP contribution < -0.4 is 27.0 Å². The summed E-state index contributed by atoms with van der Waals surface area (Å²) in [5.41, 5.74) is 6.82. The first kappa shape index (κ1) is 28.6. The van der Waals surface area contributed by atoms with E-state index in [4.69, 9.17) is 5.73 Å². The molecular formula is C26H36N6O6.